The molecule has 2 aromatic carbocycles. The van der Waals surface area contributed by atoms with E-state index in [0.29, 0.717) is 31.4 Å². The van der Waals surface area contributed by atoms with Gasteiger partial charge in [0.2, 0.25) is 0 Å². The maximum absolute atomic E-state index is 12.9. The average molecular weight is 544 g/mol. The molecule has 0 radical (unpaired) electrons. The van der Waals surface area contributed by atoms with E-state index >= 15 is 0 Å². The Bertz CT molecular complexity index is 1180. The second kappa shape index (κ2) is 11.8. The highest BCUT2D eigenvalue weighted by molar-refractivity contribution is 7.99. The molecule has 3 rings (SSSR count). The van der Waals surface area contributed by atoms with E-state index in [1.165, 1.54) is 36.3 Å². The van der Waals surface area contributed by atoms with Crippen molar-refractivity contribution < 1.29 is 19.1 Å². The second-order valence-electron chi connectivity index (χ2n) is 6.58. The molecule has 0 fully saturated rings. The van der Waals surface area contributed by atoms with Crippen LogP contribution in [0.2, 0.25) is 15.1 Å². The molecule has 1 aromatic heterocycles. The molecule has 0 saturated heterocycles. The Morgan fingerprint density at radius 2 is 1.67 bits per heavy atom. The maximum atomic E-state index is 12.9. The van der Waals surface area contributed by atoms with Crippen LogP contribution in [0.15, 0.2) is 47.8 Å². The van der Waals surface area contributed by atoms with Crippen molar-refractivity contribution in [3.05, 3.63) is 78.9 Å². The SMILES string of the molecule is COC(=O)CSCc1csc(C(=O)Nc2ccc(Cl)cc2C(=O)Nc2ccc(Cl)cc2)c1Cl. The van der Waals surface area contributed by atoms with E-state index in [9.17, 15) is 14.4 Å². The third kappa shape index (κ3) is 6.88. The number of rotatable bonds is 8. The number of thiophene rings is 1. The summed E-state index contributed by atoms with van der Waals surface area (Å²) in [6.45, 7) is 0. The van der Waals surface area contributed by atoms with Crippen molar-refractivity contribution in [2.24, 2.45) is 0 Å². The van der Waals surface area contributed by atoms with Crippen molar-refractivity contribution in [1.82, 2.24) is 0 Å². The highest BCUT2D eigenvalue weighted by atomic mass is 35.5. The smallest absolute Gasteiger partial charge is 0.315 e. The van der Waals surface area contributed by atoms with Crippen molar-refractivity contribution >= 4 is 87.1 Å². The Balaban J connectivity index is 1.74. The Hall–Kier alpha value is -2.23. The van der Waals surface area contributed by atoms with Gasteiger partial charge in [-0.15, -0.1) is 23.1 Å². The van der Waals surface area contributed by atoms with Crippen molar-refractivity contribution in [3.63, 3.8) is 0 Å². The summed E-state index contributed by atoms with van der Waals surface area (Å²) >= 11 is 20.9. The number of anilines is 2. The average Bonchev–Trinajstić information content (AvgIpc) is 3.16. The van der Waals surface area contributed by atoms with Gasteiger partial charge in [-0.3, -0.25) is 14.4 Å². The lowest BCUT2D eigenvalue weighted by Crippen LogP contribution is -2.18. The van der Waals surface area contributed by atoms with E-state index in [0.717, 1.165) is 5.56 Å². The van der Waals surface area contributed by atoms with Gasteiger partial charge in [-0.1, -0.05) is 34.8 Å². The molecule has 0 aliphatic rings. The van der Waals surface area contributed by atoms with Gasteiger partial charge in [-0.25, -0.2) is 0 Å². The summed E-state index contributed by atoms with van der Waals surface area (Å²) in [5, 5.41) is 8.43. The molecule has 33 heavy (non-hydrogen) atoms. The first kappa shape index (κ1) is 25.4. The van der Waals surface area contributed by atoms with E-state index < -0.39 is 11.8 Å². The fourth-order valence-corrected chi connectivity index (χ4v) is 5.23. The zero-order valence-corrected chi connectivity index (χ0v) is 21.0. The Morgan fingerprint density at radius 3 is 2.36 bits per heavy atom. The summed E-state index contributed by atoms with van der Waals surface area (Å²) in [4.78, 5) is 37.3. The van der Waals surface area contributed by atoms with Crippen LogP contribution in [0.4, 0.5) is 11.4 Å². The monoisotopic (exact) mass is 542 g/mol. The molecule has 2 N–H and O–H groups in total. The fraction of sp³-hybridized carbons (Fsp3) is 0.136. The molecular weight excluding hydrogens is 527 g/mol. The molecule has 0 saturated carbocycles. The molecule has 0 atom stereocenters. The lowest BCUT2D eigenvalue weighted by atomic mass is 10.1. The summed E-state index contributed by atoms with van der Waals surface area (Å²) in [6, 6.07) is 11.2. The number of benzene rings is 2. The maximum Gasteiger partial charge on any atom is 0.315 e. The van der Waals surface area contributed by atoms with E-state index in [-0.39, 0.29) is 23.0 Å². The lowest BCUT2D eigenvalue weighted by Gasteiger charge is -2.12. The molecule has 0 unspecified atom stereocenters. The third-order valence-electron chi connectivity index (χ3n) is 4.29. The number of ether oxygens (including phenoxy) is 1. The Labute approximate surface area is 213 Å². The van der Waals surface area contributed by atoms with Crippen molar-refractivity contribution in [2.75, 3.05) is 23.5 Å². The number of amides is 2. The number of thioether (sulfide) groups is 1. The molecular formula is C22H17Cl3N2O4S2. The van der Waals surface area contributed by atoms with Crippen LogP contribution in [0.25, 0.3) is 0 Å². The van der Waals surface area contributed by atoms with Gasteiger partial charge in [0.1, 0.15) is 4.88 Å². The van der Waals surface area contributed by atoms with Gasteiger partial charge in [-0.05, 0) is 53.4 Å². The minimum atomic E-state index is -0.461. The van der Waals surface area contributed by atoms with Gasteiger partial charge in [-0.2, -0.15) is 0 Å². The molecule has 2 amide bonds. The zero-order chi connectivity index (χ0) is 24.0. The highest BCUT2D eigenvalue weighted by Crippen LogP contribution is 2.32. The number of hydrogen-bond donors (Lipinski definition) is 2. The van der Waals surface area contributed by atoms with Crippen LogP contribution in [-0.2, 0) is 15.3 Å². The van der Waals surface area contributed by atoms with Gasteiger partial charge in [0.15, 0.2) is 0 Å². The zero-order valence-electron chi connectivity index (χ0n) is 17.1. The first-order valence-electron chi connectivity index (χ1n) is 9.36. The van der Waals surface area contributed by atoms with Gasteiger partial charge >= 0.3 is 5.97 Å². The van der Waals surface area contributed by atoms with Crippen LogP contribution < -0.4 is 10.6 Å². The quantitative estimate of drug-likeness (QED) is 0.312. The van der Waals surface area contributed by atoms with E-state index in [1.54, 1.807) is 41.8 Å². The van der Waals surface area contributed by atoms with Crippen LogP contribution in [0.1, 0.15) is 25.6 Å². The van der Waals surface area contributed by atoms with E-state index in [1.807, 2.05) is 0 Å². The number of hydrogen-bond acceptors (Lipinski definition) is 6. The number of carbonyl (C=O) groups is 3. The van der Waals surface area contributed by atoms with Crippen LogP contribution >= 0.6 is 57.9 Å². The molecule has 0 aliphatic heterocycles. The summed E-state index contributed by atoms with van der Waals surface area (Å²) in [5.74, 6) is -0.616. The number of halogens is 3. The number of nitrogens with one attached hydrogen (secondary N) is 2. The highest BCUT2D eigenvalue weighted by Gasteiger charge is 2.20. The normalized spacial score (nSPS) is 10.5. The summed E-state index contributed by atoms with van der Waals surface area (Å²) < 4.78 is 4.61. The second-order valence-corrected chi connectivity index (χ2v) is 9.69. The summed E-state index contributed by atoms with van der Waals surface area (Å²) in [7, 11) is 1.32. The number of esters is 1. The minimum absolute atomic E-state index is 0.182. The Morgan fingerprint density at radius 1 is 0.970 bits per heavy atom. The first-order valence-corrected chi connectivity index (χ1v) is 12.5. The van der Waals surface area contributed by atoms with Gasteiger partial charge in [0.05, 0.1) is 29.1 Å². The lowest BCUT2D eigenvalue weighted by molar-refractivity contribution is -0.137. The molecule has 172 valence electrons. The predicted octanol–water partition coefficient (Wildman–Crippen LogP) is 6.62. The van der Waals surface area contributed by atoms with Crippen molar-refractivity contribution in [1.29, 1.82) is 0 Å². The van der Waals surface area contributed by atoms with Crippen LogP contribution in [0.5, 0.6) is 0 Å². The molecule has 1 heterocycles. The molecule has 0 aliphatic carbocycles. The topological polar surface area (TPSA) is 84.5 Å². The van der Waals surface area contributed by atoms with Crippen LogP contribution in [0.3, 0.4) is 0 Å². The standard InChI is InChI=1S/C22H17Cl3N2O4S2/c1-31-18(28)11-32-9-12-10-33-20(19(12)25)22(30)27-17-7-4-14(24)8-16(17)21(29)26-15-5-2-13(23)3-6-15/h2-8,10H,9,11H2,1H3,(H,26,29)(H,27,30). The summed E-state index contributed by atoms with van der Waals surface area (Å²) in [6.07, 6.45) is 0. The number of carbonyl (C=O) groups excluding carboxylic acids is 3. The molecule has 11 heteroatoms. The Kier molecular flexibility index (Phi) is 9.05. The van der Waals surface area contributed by atoms with Crippen LogP contribution in [0, 0.1) is 0 Å². The minimum Gasteiger partial charge on any atom is -0.468 e. The van der Waals surface area contributed by atoms with E-state index in [2.05, 4.69) is 15.4 Å². The first-order chi connectivity index (χ1) is 15.8. The van der Waals surface area contributed by atoms with Crippen molar-refractivity contribution in [2.45, 2.75) is 5.75 Å². The fourth-order valence-electron chi connectivity index (χ4n) is 2.66. The van der Waals surface area contributed by atoms with Gasteiger partial charge < -0.3 is 15.4 Å². The van der Waals surface area contributed by atoms with Crippen LogP contribution in [-0.4, -0.2) is 30.6 Å². The summed E-state index contributed by atoms with van der Waals surface area (Å²) in [5.41, 5.74) is 1.74. The predicted molar refractivity (Wildman–Crippen MR) is 136 cm³/mol. The van der Waals surface area contributed by atoms with Gasteiger partial charge in [0, 0.05) is 21.5 Å². The van der Waals surface area contributed by atoms with Crippen molar-refractivity contribution in [3.8, 4) is 0 Å². The molecule has 0 spiro atoms. The number of methoxy groups -OCH3 is 1. The largest absolute Gasteiger partial charge is 0.468 e. The molecule has 0 bridgehead atoms. The molecule has 6 nitrogen and oxygen atoms in total. The van der Waals surface area contributed by atoms with E-state index in [4.69, 9.17) is 34.8 Å². The molecule has 3 aromatic rings. The van der Waals surface area contributed by atoms with Gasteiger partial charge in [0.25, 0.3) is 11.8 Å². The third-order valence-corrected chi connectivity index (χ3v) is 7.30.